The van der Waals surface area contributed by atoms with Crippen LogP contribution in [0.4, 0.5) is 5.69 Å². The van der Waals surface area contributed by atoms with Gasteiger partial charge in [-0.25, -0.2) is 8.42 Å². The van der Waals surface area contributed by atoms with Gasteiger partial charge < -0.3 is 10.2 Å². The lowest BCUT2D eigenvalue weighted by atomic mass is 10.1. The van der Waals surface area contributed by atoms with E-state index in [-0.39, 0.29) is 18.5 Å². The molecule has 0 bridgehead atoms. The van der Waals surface area contributed by atoms with Gasteiger partial charge in [-0.15, -0.1) is 0 Å². The van der Waals surface area contributed by atoms with Gasteiger partial charge in [0.1, 0.15) is 12.6 Å². The average molecular weight is 543 g/mol. The molecular weight excluding hydrogens is 509 g/mol. The van der Waals surface area contributed by atoms with Crippen molar-refractivity contribution >= 4 is 50.7 Å². The van der Waals surface area contributed by atoms with Gasteiger partial charge in [0.05, 0.1) is 11.9 Å². The largest absolute Gasteiger partial charge is 0.352 e. The van der Waals surface area contributed by atoms with Crippen molar-refractivity contribution in [3.8, 4) is 0 Å². The van der Waals surface area contributed by atoms with Crippen molar-refractivity contribution in [2.75, 3.05) is 17.1 Å². The second-order valence-electron chi connectivity index (χ2n) is 8.57. The van der Waals surface area contributed by atoms with Crippen LogP contribution in [-0.2, 0) is 26.2 Å². The molecule has 1 N–H and O–H groups in total. The lowest BCUT2D eigenvalue weighted by Crippen LogP contribution is -2.53. The molecule has 0 heterocycles. The first-order valence-electron chi connectivity index (χ1n) is 11.5. The van der Waals surface area contributed by atoms with Gasteiger partial charge >= 0.3 is 0 Å². The maximum absolute atomic E-state index is 13.7. The van der Waals surface area contributed by atoms with Gasteiger partial charge in [0.25, 0.3) is 0 Å². The number of anilines is 1. The van der Waals surface area contributed by atoms with Crippen LogP contribution in [0.25, 0.3) is 0 Å². The molecule has 10 heteroatoms. The Balaban J connectivity index is 2.49. The highest BCUT2D eigenvalue weighted by Crippen LogP contribution is 2.27. The van der Waals surface area contributed by atoms with Crippen LogP contribution in [0, 0.1) is 6.92 Å². The monoisotopic (exact) mass is 541 g/mol. The van der Waals surface area contributed by atoms with E-state index in [1.807, 2.05) is 20.8 Å². The number of sulfonamides is 1. The molecule has 0 aliphatic carbocycles. The van der Waals surface area contributed by atoms with Crippen molar-refractivity contribution in [2.24, 2.45) is 0 Å². The van der Waals surface area contributed by atoms with Crippen molar-refractivity contribution in [1.29, 1.82) is 0 Å². The van der Waals surface area contributed by atoms with E-state index >= 15 is 0 Å². The Morgan fingerprint density at radius 2 is 1.57 bits per heavy atom. The number of benzene rings is 2. The molecule has 0 radical (unpaired) electrons. The van der Waals surface area contributed by atoms with Crippen molar-refractivity contribution in [1.82, 2.24) is 10.2 Å². The predicted octanol–water partition coefficient (Wildman–Crippen LogP) is 4.79. The standard InChI is InChI=1S/C25H33Cl2N3O4S/c1-6-18(4)28-25(32)23(7-2)29(15-20-21(26)9-8-10-22(20)27)24(31)16-30(35(5,33)34)19-13-11-17(3)12-14-19/h8-14,18,23H,6-7,15-16H2,1-5H3,(H,28,32)/t18-,23-/m0/s1. The van der Waals surface area contributed by atoms with Crippen molar-refractivity contribution in [3.63, 3.8) is 0 Å². The van der Waals surface area contributed by atoms with Crippen molar-refractivity contribution < 1.29 is 18.0 Å². The normalized spacial score (nSPS) is 13.1. The van der Waals surface area contributed by atoms with Crippen LogP contribution in [-0.4, -0.2) is 50.0 Å². The Bertz CT molecular complexity index is 1120. The van der Waals surface area contributed by atoms with E-state index in [2.05, 4.69) is 5.32 Å². The Hall–Kier alpha value is -2.29. The summed E-state index contributed by atoms with van der Waals surface area (Å²) in [5, 5.41) is 3.63. The number of rotatable bonds is 11. The summed E-state index contributed by atoms with van der Waals surface area (Å²) < 4.78 is 26.3. The van der Waals surface area contributed by atoms with Gasteiger partial charge in [0, 0.05) is 28.2 Å². The van der Waals surface area contributed by atoms with E-state index in [4.69, 9.17) is 23.2 Å². The maximum Gasteiger partial charge on any atom is 0.244 e. The van der Waals surface area contributed by atoms with Gasteiger partial charge in [-0.3, -0.25) is 13.9 Å². The molecule has 2 aromatic carbocycles. The number of nitrogens with zero attached hydrogens (tertiary/aromatic N) is 2. The first kappa shape index (κ1) is 28.9. The maximum atomic E-state index is 13.7. The third-order valence-electron chi connectivity index (χ3n) is 5.78. The van der Waals surface area contributed by atoms with Crippen LogP contribution in [0.2, 0.25) is 10.0 Å². The SMILES string of the molecule is CC[C@H](C)NC(=O)[C@H](CC)N(Cc1c(Cl)cccc1Cl)C(=O)CN(c1ccc(C)cc1)S(C)(=O)=O. The van der Waals surface area contributed by atoms with Crippen LogP contribution >= 0.6 is 23.2 Å². The molecule has 0 unspecified atom stereocenters. The fraction of sp³-hybridized carbons (Fsp3) is 0.440. The zero-order valence-electron chi connectivity index (χ0n) is 20.7. The second-order valence-corrected chi connectivity index (χ2v) is 11.3. The second kappa shape index (κ2) is 12.6. The number of nitrogens with one attached hydrogen (secondary N) is 1. The Morgan fingerprint density at radius 3 is 2.06 bits per heavy atom. The molecular formula is C25H33Cl2N3O4S. The number of carbonyl (C=O) groups excluding carboxylic acids is 2. The quantitative estimate of drug-likeness (QED) is 0.443. The van der Waals surface area contributed by atoms with Crippen molar-refractivity contribution in [3.05, 3.63) is 63.6 Å². The summed E-state index contributed by atoms with van der Waals surface area (Å²) in [6.07, 6.45) is 2.09. The van der Waals surface area contributed by atoms with Gasteiger partial charge in [-0.1, -0.05) is 60.8 Å². The Kier molecular flexibility index (Phi) is 10.4. The fourth-order valence-corrected chi connectivity index (χ4v) is 4.91. The molecule has 2 aromatic rings. The third kappa shape index (κ3) is 7.85. The average Bonchev–Trinajstić information content (AvgIpc) is 2.78. The molecule has 35 heavy (non-hydrogen) atoms. The van der Waals surface area contributed by atoms with Crippen LogP contribution in [0.5, 0.6) is 0 Å². The van der Waals surface area contributed by atoms with E-state index < -0.39 is 28.5 Å². The van der Waals surface area contributed by atoms with Gasteiger partial charge in [-0.2, -0.15) is 0 Å². The number of hydrogen-bond donors (Lipinski definition) is 1. The summed E-state index contributed by atoms with van der Waals surface area (Å²) in [4.78, 5) is 28.2. The Morgan fingerprint density at radius 1 is 1.00 bits per heavy atom. The molecule has 0 fully saturated rings. The van der Waals surface area contributed by atoms with E-state index in [1.165, 1.54) is 4.90 Å². The topological polar surface area (TPSA) is 86.8 Å². The van der Waals surface area contributed by atoms with Crippen LogP contribution in [0.1, 0.15) is 44.7 Å². The first-order valence-corrected chi connectivity index (χ1v) is 14.1. The molecule has 0 saturated carbocycles. The van der Waals surface area contributed by atoms with E-state index in [0.29, 0.717) is 27.7 Å². The summed E-state index contributed by atoms with van der Waals surface area (Å²) in [7, 11) is -3.79. The first-order chi connectivity index (χ1) is 16.4. The highest BCUT2D eigenvalue weighted by molar-refractivity contribution is 7.92. The molecule has 7 nitrogen and oxygen atoms in total. The zero-order valence-corrected chi connectivity index (χ0v) is 23.0. The van der Waals surface area contributed by atoms with Crippen molar-refractivity contribution in [2.45, 2.75) is 59.2 Å². The molecule has 2 atom stereocenters. The number of carbonyl (C=O) groups is 2. The van der Waals surface area contributed by atoms with Crippen LogP contribution in [0.3, 0.4) is 0 Å². The minimum absolute atomic E-state index is 0.0464. The van der Waals surface area contributed by atoms with Gasteiger partial charge in [0.2, 0.25) is 21.8 Å². The van der Waals surface area contributed by atoms with Gasteiger partial charge in [-0.05, 0) is 51.0 Å². The molecule has 0 spiro atoms. The smallest absolute Gasteiger partial charge is 0.244 e. The number of hydrogen-bond acceptors (Lipinski definition) is 4. The molecule has 0 aliphatic rings. The van der Waals surface area contributed by atoms with E-state index in [9.17, 15) is 18.0 Å². The molecule has 192 valence electrons. The molecule has 0 aliphatic heterocycles. The lowest BCUT2D eigenvalue weighted by Gasteiger charge is -2.33. The van der Waals surface area contributed by atoms with E-state index in [0.717, 1.165) is 22.5 Å². The van der Waals surface area contributed by atoms with Gasteiger partial charge in [0.15, 0.2) is 0 Å². The minimum atomic E-state index is -3.79. The number of aryl methyl sites for hydroxylation is 1. The van der Waals surface area contributed by atoms with Crippen LogP contribution < -0.4 is 9.62 Å². The summed E-state index contributed by atoms with van der Waals surface area (Å²) in [6.45, 7) is 6.99. The molecule has 2 rings (SSSR count). The minimum Gasteiger partial charge on any atom is -0.352 e. The third-order valence-corrected chi connectivity index (χ3v) is 7.63. The summed E-state index contributed by atoms with van der Waals surface area (Å²) in [6, 6.07) is 10.9. The lowest BCUT2D eigenvalue weighted by molar-refractivity contribution is -0.140. The highest BCUT2D eigenvalue weighted by atomic mass is 35.5. The number of amides is 2. The Labute approximate surface area is 218 Å². The predicted molar refractivity (Wildman–Crippen MR) is 142 cm³/mol. The summed E-state index contributed by atoms with van der Waals surface area (Å²) in [5.74, 6) is -0.863. The molecule has 0 aromatic heterocycles. The molecule has 0 saturated heterocycles. The number of halogens is 2. The molecule has 2 amide bonds. The highest BCUT2D eigenvalue weighted by Gasteiger charge is 2.32. The zero-order chi connectivity index (χ0) is 26.3. The fourth-order valence-electron chi connectivity index (χ4n) is 3.54. The van der Waals surface area contributed by atoms with Crippen LogP contribution in [0.15, 0.2) is 42.5 Å². The summed E-state index contributed by atoms with van der Waals surface area (Å²) in [5.41, 5.74) is 1.80. The summed E-state index contributed by atoms with van der Waals surface area (Å²) >= 11 is 12.7. The van der Waals surface area contributed by atoms with E-state index in [1.54, 1.807) is 49.4 Å².